The minimum atomic E-state index is -0.228. The summed E-state index contributed by atoms with van der Waals surface area (Å²) < 4.78 is 0. The summed E-state index contributed by atoms with van der Waals surface area (Å²) in [5.41, 5.74) is 0.667. The van der Waals surface area contributed by atoms with Crippen LogP contribution in [-0.4, -0.2) is 17.6 Å². The van der Waals surface area contributed by atoms with Crippen LogP contribution in [0.25, 0.3) is 0 Å². The molecule has 4 heteroatoms. The maximum Gasteiger partial charge on any atom is 0.252 e. The van der Waals surface area contributed by atoms with Gasteiger partial charge in [0.1, 0.15) is 5.75 Å². The molecule has 1 fully saturated rings. The van der Waals surface area contributed by atoms with Crippen molar-refractivity contribution in [3.05, 3.63) is 28.8 Å². The molecule has 1 aromatic carbocycles. The number of carbonyl (C=O) groups excluding carboxylic acids is 1. The molecule has 2 N–H and O–H groups in total. The maximum atomic E-state index is 11.9. The van der Waals surface area contributed by atoms with Crippen LogP contribution in [0.3, 0.4) is 0 Å². The summed E-state index contributed by atoms with van der Waals surface area (Å²) in [5.74, 6) is 0.363. The highest BCUT2D eigenvalue weighted by Gasteiger charge is 2.45. The van der Waals surface area contributed by atoms with E-state index in [1.165, 1.54) is 18.2 Å². The van der Waals surface area contributed by atoms with Crippen molar-refractivity contribution in [3.63, 3.8) is 0 Å². The number of phenols is 1. The van der Waals surface area contributed by atoms with E-state index in [9.17, 15) is 9.90 Å². The molecule has 1 aliphatic carbocycles. The second kappa shape index (κ2) is 4.22. The zero-order chi connectivity index (χ0) is 12.6. The molecule has 1 amide bonds. The van der Waals surface area contributed by atoms with Crippen LogP contribution < -0.4 is 5.32 Å². The van der Waals surface area contributed by atoms with Gasteiger partial charge in [-0.15, -0.1) is 0 Å². The Morgan fingerprint density at radius 1 is 1.59 bits per heavy atom. The number of rotatable bonds is 3. The smallest absolute Gasteiger partial charge is 0.252 e. The van der Waals surface area contributed by atoms with Gasteiger partial charge < -0.3 is 10.4 Å². The van der Waals surface area contributed by atoms with Crippen LogP contribution in [0.15, 0.2) is 18.2 Å². The first-order chi connectivity index (χ1) is 7.90. The van der Waals surface area contributed by atoms with Crippen molar-refractivity contribution in [2.75, 3.05) is 6.54 Å². The van der Waals surface area contributed by atoms with Gasteiger partial charge in [0.15, 0.2) is 0 Å². The Morgan fingerprint density at radius 3 is 2.82 bits per heavy atom. The van der Waals surface area contributed by atoms with E-state index in [1.807, 2.05) is 0 Å². The lowest BCUT2D eigenvalue weighted by Gasteiger charge is -2.08. The molecular formula is C13H16ClNO2. The van der Waals surface area contributed by atoms with Gasteiger partial charge in [-0.25, -0.2) is 0 Å². The molecule has 1 unspecified atom stereocenters. The van der Waals surface area contributed by atoms with Gasteiger partial charge in [-0.3, -0.25) is 4.79 Å². The monoisotopic (exact) mass is 253 g/mol. The Balaban J connectivity index is 1.98. The largest absolute Gasteiger partial charge is 0.508 e. The van der Waals surface area contributed by atoms with Crippen molar-refractivity contribution >= 4 is 17.5 Å². The molecular weight excluding hydrogens is 238 g/mol. The van der Waals surface area contributed by atoms with Crippen molar-refractivity contribution in [1.29, 1.82) is 0 Å². The number of benzene rings is 1. The van der Waals surface area contributed by atoms with Gasteiger partial charge in [0.2, 0.25) is 0 Å². The lowest BCUT2D eigenvalue weighted by molar-refractivity contribution is 0.0950. The van der Waals surface area contributed by atoms with Gasteiger partial charge >= 0.3 is 0 Å². The molecule has 17 heavy (non-hydrogen) atoms. The number of phenolic OH excluding ortho intramolecular Hbond substituents is 1. The Bertz CT molecular complexity index is 457. The Hall–Kier alpha value is -1.22. The predicted octanol–water partition coefficient (Wildman–Crippen LogP) is 2.82. The van der Waals surface area contributed by atoms with Crippen molar-refractivity contribution in [2.45, 2.75) is 20.3 Å². The summed E-state index contributed by atoms with van der Waals surface area (Å²) in [5, 5.41) is 12.5. The number of hydrogen-bond donors (Lipinski definition) is 2. The average molecular weight is 254 g/mol. The van der Waals surface area contributed by atoms with Gasteiger partial charge in [-0.05, 0) is 36.0 Å². The molecule has 0 heterocycles. The maximum absolute atomic E-state index is 11.9. The number of aromatic hydroxyl groups is 1. The van der Waals surface area contributed by atoms with Crippen LogP contribution in [-0.2, 0) is 0 Å². The zero-order valence-corrected chi connectivity index (χ0v) is 10.7. The number of hydrogen-bond acceptors (Lipinski definition) is 2. The van der Waals surface area contributed by atoms with E-state index in [-0.39, 0.29) is 11.7 Å². The normalized spacial score (nSPS) is 21.0. The fraction of sp³-hybridized carbons (Fsp3) is 0.462. The molecule has 3 nitrogen and oxygen atoms in total. The number of halogens is 1. The first-order valence-corrected chi connectivity index (χ1v) is 6.04. The van der Waals surface area contributed by atoms with Crippen LogP contribution in [0.5, 0.6) is 5.75 Å². The minimum Gasteiger partial charge on any atom is -0.508 e. The Kier molecular flexibility index (Phi) is 3.04. The van der Waals surface area contributed by atoms with Crippen LogP contribution in [0, 0.1) is 11.3 Å². The fourth-order valence-electron chi connectivity index (χ4n) is 1.92. The second-order valence-corrected chi connectivity index (χ2v) is 5.67. The minimum absolute atomic E-state index is 0.0475. The molecule has 2 rings (SSSR count). The van der Waals surface area contributed by atoms with Gasteiger partial charge in [0.05, 0.1) is 10.6 Å². The summed E-state index contributed by atoms with van der Waals surface area (Å²) in [4.78, 5) is 11.9. The van der Waals surface area contributed by atoms with E-state index in [4.69, 9.17) is 11.6 Å². The van der Waals surface area contributed by atoms with Gasteiger partial charge in [-0.2, -0.15) is 0 Å². The third kappa shape index (κ3) is 2.72. The molecule has 0 aromatic heterocycles. The lowest BCUT2D eigenvalue weighted by atomic mass is 10.1. The van der Waals surface area contributed by atoms with Crippen molar-refractivity contribution in [3.8, 4) is 5.75 Å². The number of carbonyl (C=O) groups is 1. The number of amides is 1. The highest BCUT2D eigenvalue weighted by atomic mass is 35.5. The molecule has 1 aliphatic rings. The summed E-state index contributed by atoms with van der Waals surface area (Å²) >= 11 is 5.91. The fourth-order valence-corrected chi connectivity index (χ4v) is 2.13. The predicted molar refractivity (Wildman–Crippen MR) is 67.3 cm³/mol. The second-order valence-electron chi connectivity index (χ2n) is 5.26. The molecule has 0 aliphatic heterocycles. The average Bonchev–Trinajstić information content (AvgIpc) is 2.87. The topological polar surface area (TPSA) is 49.3 Å². The molecule has 0 bridgehead atoms. The van der Waals surface area contributed by atoms with Crippen molar-refractivity contribution in [1.82, 2.24) is 5.32 Å². The van der Waals surface area contributed by atoms with E-state index in [2.05, 4.69) is 19.2 Å². The summed E-state index contributed by atoms with van der Waals surface area (Å²) in [6.07, 6.45) is 1.14. The van der Waals surface area contributed by atoms with E-state index in [0.29, 0.717) is 28.5 Å². The highest BCUT2D eigenvalue weighted by Crippen LogP contribution is 2.51. The standard InChI is InChI=1S/C13H16ClNO2/c1-13(2)6-8(13)7-15-12(17)10-5-9(16)3-4-11(10)14/h3-5,8,16H,6-7H2,1-2H3,(H,15,17). The van der Waals surface area contributed by atoms with E-state index >= 15 is 0 Å². The molecule has 0 radical (unpaired) electrons. The zero-order valence-electron chi connectivity index (χ0n) is 9.96. The molecule has 92 valence electrons. The van der Waals surface area contributed by atoms with Gasteiger partial charge in [0, 0.05) is 6.54 Å². The molecule has 0 spiro atoms. The summed E-state index contributed by atoms with van der Waals surface area (Å²) in [7, 11) is 0. The first-order valence-electron chi connectivity index (χ1n) is 5.67. The van der Waals surface area contributed by atoms with Crippen LogP contribution in [0.2, 0.25) is 5.02 Å². The molecule has 1 aromatic rings. The van der Waals surface area contributed by atoms with Crippen molar-refractivity contribution in [2.24, 2.45) is 11.3 Å². The van der Waals surface area contributed by atoms with Crippen LogP contribution in [0.4, 0.5) is 0 Å². The third-order valence-corrected chi connectivity index (χ3v) is 3.75. The first kappa shape index (κ1) is 12.2. The van der Waals surface area contributed by atoms with E-state index < -0.39 is 0 Å². The molecule has 1 saturated carbocycles. The quantitative estimate of drug-likeness (QED) is 0.870. The summed E-state index contributed by atoms with van der Waals surface area (Å²) in [6.45, 7) is 5.04. The number of nitrogens with one attached hydrogen (secondary N) is 1. The van der Waals surface area contributed by atoms with E-state index in [1.54, 1.807) is 0 Å². The summed E-state index contributed by atoms with van der Waals surface area (Å²) in [6, 6.07) is 4.37. The van der Waals surface area contributed by atoms with Gasteiger partial charge in [-0.1, -0.05) is 25.4 Å². The highest BCUT2D eigenvalue weighted by molar-refractivity contribution is 6.33. The van der Waals surface area contributed by atoms with Crippen molar-refractivity contribution < 1.29 is 9.90 Å². The van der Waals surface area contributed by atoms with Crippen LogP contribution in [0.1, 0.15) is 30.6 Å². The lowest BCUT2D eigenvalue weighted by Crippen LogP contribution is -2.26. The third-order valence-electron chi connectivity index (χ3n) is 3.42. The van der Waals surface area contributed by atoms with E-state index in [0.717, 1.165) is 6.42 Å². The Morgan fingerprint density at radius 2 is 2.24 bits per heavy atom. The Labute approximate surface area is 106 Å². The van der Waals surface area contributed by atoms with Gasteiger partial charge in [0.25, 0.3) is 5.91 Å². The molecule has 0 saturated heterocycles. The molecule has 1 atom stereocenters. The SMILES string of the molecule is CC1(C)CC1CNC(=O)c1cc(O)ccc1Cl. The van der Waals surface area contributed by atoms with Crippen LogP contribution >= 0.6 is 11.6 Å².